The topological polar surface area (TPSA) is 81.1 Å². The Labute approximate surface area is 112 Å². The van der Waals surface area contributed by atoms with Gasteiger partial charge in [0.15, 0.2) is 0 Å². The van der Waals surface area contributed by atoms with Crippen LogP contribution in [0.2, 0.25) is 0 Å². The molecule has 0 fully saturated rings. The van der Waals surface area contributed by atoms with E-state index in [0.717, 1.165) is 0 Å². The highest BCUT2D eigenvalue weighted by Gasteiger charge is 2.08. The fourth-order valence-corrected chi connectivity index (χ4v) is 1.92. The number of hydrogen-bond donors (Lipinski definition) is 3. The summed E-state index contributed by atoms with van der Waals surface area (Å²) in [6, 6.07) is 13.2. The Morgan fingerprint density at radius 1 is 1.21 bits per heavy atom. The fraction of sp³-hybridized carbons (Fsp3) is 0.133. The molecule has 0 radical (unpaired) electrons. The molecule has 0 aromatic heterocycles. The maximum atomic E-state index is 11.4. The molecule has 0 aliphatic rings. The number of nitrogen functional groups attached to an aromatic ring is 1. The summed E-state index contributed by atoms with van der Waals surface area (Å²) in [6.07, 6.45) is 0. The Hall–Kier alpha value is -2.49. The lowest BCUT2D eigenvalue weighted by Crippen LogP contribution is -2.15. The van der Waals surface area contributed by atoms with Crippen LogP contribution in [0, 0.1) is 6.92 Å². The zero-order chi connectivity index (χ0) is 13.8. The number of nitrogens with two attached hydrogens (primary N) is 2. The molecule has 0 saturated carbocycles. The van der Waals surface area contributed by atoms with E-state index in [9.17, 15) is 4.79 Å². The van der Waals surface area contributed by atoms with E-state index in [4.69, 9.17) is 11.5 Å². The van der Waals surface area contributed by atoms with Gasteiger partial charge in [-0.2, -0.15) is 0 Å². The molecule has 4 heteroatoms. The summed E-state index contributed by atoms with van der Waals surface area (Å²) in [5.41, 5.74) is 15.0. The van der Waals surface area contributed by atoms with E-state index in [-0.39, 0.29) is 0 Å². The minimum atomic E-state index is -0.486. The van der Waals surface area contributed by atoms with E-state index < -0.39 is 5.91 Å². The van der Waals surface area contributed by atoms with Gasteiger partial charge in [0.2, 0.25) is 0 Å². The predicted octanol–water partition coefficient (Wildman–Crippen LogP) is 2.29. The van der Waals surface area contributed by atoms with Gasteiger partial charge in [-0.25, -0.2) is 0 Å². The lowest BCUT2D eigenvalue weighted by molar-refractivity contribution is 0.100. The maximum Gasteiger partial charge on any atom is 0.250 e. The molecule has 0 bridgehead atoms. The normalized spacial score (nSPS) is 10.2. The highest BCUT2D eigenvalue weighted by atomic mass is 16.1. The number of primary amides is 1. The molecule has 0 aliphatic carbocycles. The van der Waals surface area contributed by atoms with Crippen molar-refractivity contribution in [1.82, 2.24) is 0 Å². The molecule has 0 saturated heterocycles. The van der Waals surface area contributed by atoms with Crippen molar-refractivity contribution in [1.29, 1.82) is 0 Å². The van der Waals surface area contributed by atoms with Crippen molar-refractivity contribution in [3.05, 3.63) is 59.2 Å². The van der Waals surface area contributed by atoms with Gasteiger partial charge in [-0.1, -0.05) is 24.3 Å². The molecule has 0 atom stereocenters. The van der Waals surface area contributed by atoms with Gasteiger partial charge in [0.1, 0.15) is 0 Å². The van der Waals surface area contributed by atoms with E-state index in [0.29, 0.717) is 23.5 Å². The SMILES string of the molecule is Cc1ccccc1CNc1ccc(N)cc1C(N)=O. The monoisotopic (exact) mass is 255 g/mol. The summed E-state index contributed by atoms with van der Waals surface area (Å²) in [5, 5.41) is 3.22. The number of aryl methyl sites for hydroxylation is 1. The first-order valence-electron chi connectivity index (χ1n) is 6.05. The van der Waals surface area contributed by atoms with E-state index in [1.165, 1.54) is 11.1 Å². The molecule has 2 rings (SSSR count). The molecule has 0 spiro atoms. The summed E-state index contributed by atoms with van der Waals surface area (Å²) in [4.78, 5) is 11.4. The van der Waals surface area contributed by atoms with Crippen molar-refractivity contribution in [2.45, 2.75) is 13.5 Å². The smallest absolute Gasteiger partial charge is 0.250 e. The van der Waals surface area contributed by atoms with Crippen LogP contribution < -0.4 is 16.8 Å². The second kappa shape index (κ2) is 5.44. The first-order chi connectivity index (χ1) is 9.08. The first-order valence-corrected chi connectivity index (χ1v) is 6.05. The van der Waals surface area contributed by atoms with Gasteiger partial charge in [0, 0.05) is 17.9 Å². The summed E-state index contributed by atoms with van der Waals surface area (Å²) in [5.74, 6) is -0.486. The van der Waals surface area contributed by atoms with Crippen LogP contribution in [0.15, 0.2) is 42.5 Å². The average Bonchev–Trinajstić information content (AvgIpc) is 2.38. The number of carbonyl (C=O) groups is 1. The minimum absolute atomic E-state index is 0.411. The number of benzene rings is 2. The molecule has 4 nitrogen and oxygen atoms in total. The van der Waals surface area contributed by atoms with Gasteiger partial charge in [-0.05, 0) is 36.2 Å². The molecular formula is C15H17N3O. The third-order valence-corrected chi connectivity index (χ3v) is 3.04. The number of rotatable bonds is 4. The van der Waals surface area contributed by atoms with Gasteiger partial charge in [-0.3, -0.25) is 4.79 Å². The van der Waals surface area contributed by atoms with Crippen LogP contribution in [0.3, 0.4) is 0 Å². The number of carbonyl (C=O) groups excluding carboxylic acids is 1. The molecule has 2 aromatic rings. The van der Waals surface area contributed by atoms with E-state index in [2.05, 4.69) is 18.3 Å². The van der Waals surface area contributed by atoms with Crippen LogP contribution in [-0.2, 0) is 6.54 Å². The number of nitrogens with one attached hydrogen (secondary N) is 1. The molecule has 19 heavy (non-hydrogen) atoms. The third-order valence-electron chi connectivity index (χ3n) is 3.04. The van der Waals surface area contributed by atoms with Crippen LogP contribution in [0.1, 0.15) is 21.5 Å². The third kappa shape index (κ3) is 3.04. The number of anilines is 2. The molecule has 0 heterocycles. The largest absolute Gasteiger partial charge is 0.399 e. The van der Waals surface area contributed by atoms with E-state index in [1.807, 2.05) is 18.2 Å². The van der Waals surface area contributed by atoms with Crippen molar-refractivity contribution in [2.24, 2.45) is 5.73 Å². The lowest BCUT2D eigenvalue weighted by Gasteiger charge is -2.12. The van der Waals surface area contributed by atoms with E-state index >= 15 is 0 Å². The minimum Gasteiger partial charge on any atom is -0.399 e. The van der Waals surface area contributed by atoms with E-state index in [1.54, 1.807) is 18.2 Å². The predicted molar refractivity (Wildman–Crippen MR) is 77.9 cm³/mol. The van der Waals surface area contributed by atoms with Crippen molar-refractivity contribution in [3.63, 3.8) is 0 Å². The highest BCUT2D eigenvalue weighted by Crippen LogP contribution is 2.19. The van der Waals surface area contributed by atoms with Crippen molar-refractivity contribution in [3.8, 4) is 0 Å². The summed E-state index contributed by atoms with van der Waals surface area (Å²) in [7, 11) is 0. The molecule has 0 aliphatic heterocycles. The first kappa shape index (κ1) is 13.0. The van der Waals surface area contributed by atoms with Gasteiger partial charge < -0.3 is 16.8 Å². The van der Waals surface area contributed by atoms with Crippen LogP contribution in [0.25, 0.3) is 0 Å². The fourth-order valence-electron chi connectivity index (χ4n) is 1.92. The standard InChI is InChI=1S/C15H17N3O/c1-10-4-2-3-5-11(10)9-18-14-7-6-12(16)8-13(14)15(17)19/h2-8,18H,9,16H2,1H3,(H2,17,19). The Morgan fingerprint density at radius 2 is 1.95 bits per heavy atom. The summed E-state index contributed by atoms with van der Waals surface area (Å²) >= 11 is 0. The Morgan fingerprint density at radius 3 is 2.63 bits per heavy atom. The van der Waals surface area contributed by atoms with Crippen LogP contribution in [0.4, 0.5) is 11.4 Å². The molecule has 2 aromatic carbocycles. The van der Waals surface area contributed by atoms with Crippen molar-refractivity contribution < 1.29 is 4.79 Å². The van der Waals surface area contributed by atoms with Gasteiger partial charge in [-0.15, -0.1) is 0 Å². The summed E-state index contributed by atoms with van der Waals surface area (Å²) < 4.78 is 0. The summed E-state index contributed by atoms with van der Waals surface area (Å²) in [6.45, 7) is 2.69. The lowest BCUT2D eigenvalue weighted by atomic mass is 10.1. The molecule has 98 valence electrons. The van der Waals surface area contributed by atoms with Gasteiger partial charge >= 0.3 is 0 Å². The van der Waals surface area contributed by atoms with Crippen molar-refractivity contribution >= 4 is 17.3 Å². The van der Waals surface area contributed by atoms with Crippen LogP contribution in [-0.4, -0.2) is 5.91 Å². The van der Waals surface area contributed by atoms with Gasteiger partial charge in [0.25, 0.3) is 5.91 Å². The zero-order valence-corrected chi connectivity index (χ0v) is 10.8. The van der Waals surface area contributed by atoms with Crippen LogP contribution >= 0.6 is 0 Å². The maximum absolute atomic E-state index is 11.4. The zero-order valence-electron chi connectivity index (χ0n) is 10.8. The van der Waals surface area contributed by atoms with Crippen LogP contribution in [0.5, 0.6) is 0 Å². The molecule has 1 amide bonds. The Balaban J connectivity index is 2.20. The van der Waals surface area contributed by atoms with Gasteiger partial charge in [0.05, 0.1) is 5.56 Å². The number of hydrogen-bond acceptors (Lipinski definition) is 3. The quantitative estimate of drug-likeness (QED) is 0.733. The highest BCUT2D eigenvalue weighted by molar-refractivity contribution is 5.99. The van der Waals surface area contributed by atoms with Crippen molar-refractivity contribution in [2.75, 3.05) is 11.1 Å². The molecule has 0 unspecified atom stereocenters. The Kier molecular flexibility index (Phi) is 3.71. The Bertz CT molecular complexity index is 608. The average molecular weight is 255 g/mol. The molecular weight excluding hydrogens is 238 g/mol. The second-order valence-electron chi connectivity index (χ2n) is 4.45. The number of amides is 1. The molecule has 5 N–H and O–H groups in total. The second-order valence-corrected chi connectivity index (χ2v) is 4.45.